The summed E-state index contributed by atoms with van der Waals surface area (Å²) in [5.41, 5.74) is 1.91. The molecule has 2 aromatic carbocycles. The van der Waals surface area contributed by atoms with E-state index < -0.39 is 42.3 Å². The maximum absolute atomic E-state index is 14.4. The number of hydrogen-bond acceptors (Lipinski definition) is 2. The largest absolute Gasteiger partial charge is 0.410 e. The first-order chi connectivity index (χ1) is 16.1. The highest BCUT2D eigenvalue weighted by molar-refractivity contribution is 5.92. The molecular formula is C23H21F6N3O2. The number of H-pyrrole nitrogens is 1. The number of aromatic nitrogens is 1. The molecule has 0 spiro atoms. The van der Waals surface area contributed by atoms with Crippen LogP contribution in [-0.2, 0) is 0 Å². The number of amides is 2. The zero-order chi connectivity index (χ0) is 24.6. The minimum absolute atomic E-state index is 0.0707. The summed E-state index contributed by atoms with van der Waals surface area (Å²) in [7, 11) is 0. The first kappa shape index (κ1) is 23.9. The lowest BCUT2D eigenvalue weighted by Gasteiger charge is -2.36. The Bertz CT molecular complexity index is 1190. The van der Waals surface area contributed by atoms with Crippen molar-refractivity contribution in [1.29, 1.82) is 0 Å². The van der Waals surface area contributed by atoms with Crippen molar-refractivity contribution in [1.82, 2.24) is 15.6 Å². The summed E-state index contributed by atoms with van der Waals surface area (Å²) in [4.78, 5) is 14.8. The Labute approximate surface area is 190 Å². The van der Waals surface area contributed by atoms with Crippen LogP contribution in [-0.4, -0.2) is 41.5 Å². The molecule has 0 aliphatic heterocycles. The van der Waals surface area contributed by atoms with Crippen LogP contribution in [0.5, 0.6) is 0 Å². The number of nitrogens with one attached hydrogen (secondary N) is 3. The summed E-state index contributed by atoms with van der Waals surface area (Å²) in [6.07, 6.45) is -3.74. The van der Waals surface area contributed by atoms with E-state index in [0.29, 0.717) is 35.0 Å². The summed E-state index contributed by atoms with van der Waals surface area (Å²) in [5.74, 6) is -2.15. The second-order valence-electron chi connectivity index (χ2n) is 8.40. The number of halogens is 6. The number of rotatable bonds is 6. The fraction of sp³-hybridized carbons (Fsp3) is 0.348. The van der Waals surface area contributed by atoms with Crippen molar-refractivity contribution in [2.75, 3.05) is 13.2 Å². The standard InChI is InChI=1S/C23H21F6N3O2/c24-14-3-1-12(2-4-14)20-19(16-7-15(25)8-17(26)21(16)32-20)13-5-11(6-13)9-30-22(34)31-18(10-33)23(27,28)29/h1-4,7-8,11,13,18,32-33H,5-6,9-10H2,(H2,30,31,34). The third-order valence-electron chi connectivity index (χ3n) is 6.08. The van der Waals surface area contributed by atoms with Crippen LogP contribution in [0.15, 0.2) is 36.4 Å². The monoisotopic (exact) mass is 485 g/mol. The predicted octanol–water partition coefficient (Wildman–Crippen LogP) is 4.97. The van der Waals surface area contributed by atoms with Crippen LogP contribution in [0.4, 0.5) is 31.1 Å². The van der Waals surface area contributed by atoms with Crippen LogP contribution in [0, 0.1) is 23.4 Å². The van der Waals surface area contributed by atoms with Gasteiger partial charge in [-0.25, -0.2) is 18.0 Å². The average Bonchev–Trinajstić information content (AvgIpc) is 3.10. The Morgan fingerprint density at radius 2 is 1.76 bits per heavy atom. The van der Waals surface area contributed by atoms with E-state index in [9.17, 15) is 31.1 Å². The first-order valence-corrected chi connectivity index (χ1v) is 10.5. The van der Waals surface area contributed by atoms with Crippen LogP contribution >= 0.6 is 0 Å². The summed E-state index contributed by atoms with van der Waals surface area (Å²) >= 11 is 0. The molecule has 1 unspecified atom stereocenters. The van der Waals surface area contributed by atoms with Gasteiger partial charge in [0.15, 0.2) is 0 Å². The minimum Gasteiger partial charge on any atom is -0.394 e. The molecule has 34 heavy (non-hydrogen) atoms. The first-order valence-electron chi connectivity index (χ1n) is 10.5. The number of carbonyl (C=O) groups excluding carboxylic acids is 1. The van der Waals surface area contributed by atoms with Gasteiger partial charge in [-0.1, -0.05) is 0 Å². The van der Waals surface area contributed by atoms with Gasteiger partial charge in [0, 0.05) is 18.0 Å². The van der Waals surface area contributed by atoms with Crippen molar-refractivity contribution >= 4 is 16.9 Å². The Hall–Kier alpha value is -3.21. The molecule has 0 radical (unpaired) electrons. The highest BCUT2D eigenvalue weighted by atomic mass is 19.4. The molecule has 182 valence electrons. The van der Waals surface area contributed by atoms with E-state index in [1.807, 2.05) is 0 Å². The second-order valence-corrected chi connectivity index (χ2v) is 8.40. The summed E-state index contributed by atoms with van der Waals surface area (Å²) < 4.78 is 79.8. The molecule has 1 fully saturated rings. The molecule has 1 saturated carbocycles. The number of urea groups is 1. The number of alkyl halides is 3. The molecule has 2 amide bonds. The zero-order valence-electron chi connectivity index (χ0n) is 17.6. The number of hydrogen-bond donors (Lipinski definition) is 4. The fourth-order valence-electron chi connectivity index (χ4n) is 4.32. The van der Waals surface area contributed by atoms with Crippen molar-refractivity contribution in [3.8, 4) is 11.3 Å². The van der Waals surface area contributed by atoms with E-state index in [-0.39, 0.29) is 23.9 Å². The van der Waals surface area contributed by atoms with Gasteiger partial charge in [-0.15, -0.1) is 0 Å². The highest BCUT2D eigenvalue weighted by Crippen LogP contribution is 2.48. The van der Waals surface area contributed by atoms with Crippen LogP contribution in [0.1, 0.15) is 24.3 Å². The second kappa shape index (κ2) is 9.21. The Morgan fingerprint density at radius 1 is 1.09 bits per heavy atom. The molecule has 1 aliphatic carbocycles. The molecule has 1 aromatic heterocycles. The number of fused-ring (bicyclic) bond motifs is 1. The van der Waals surface area contributed by atoms with Crippen molar-refractivity contribution in [3.05, 3.63) is 59.4 Å². The van der Waals surface area contributed by atoms with Gasteiger partial charge in [0.05, 0.1) is 17.8 Å². The van der Waals surface area contributed by atoms with Gasteiger partial charge in [-0.2, -0.15) is 13.2 Å². The number of benzene rings is 2. The van der Waals surface area contributed by atoms with E-state index >= 15 is 0 Å². The topological polar surface area (TPSA) is 77.2 Å². The summed E-state index contributed by atoms with van der Waals surface area (Å²) in [5, 5.41) is 13.2. The number of aliphatic hydroxyl groups excluding tert-OH is 1. The van der Waals surface area contributed by atoms with E-state index in [1.54, 1.807) is 5.32 Å². The normalized spacial score (nSPS) is 19.0. The van der Waals surface area contributed by atoms with Gasteiger partial charge in [0.2, 0.25) is 0 Å². The average molecular weight is 485 g/mol. The molecule has 1 heterocycles. The molecule has 0 saturated heterocycles. The van der Waals surface area contributed by atoms with E-state index in [4.69, 9.17) is 5.11 Å². The quantitative estimate of drug-likeness (QED) is 0.372. The third kappa shape index (κ3) is 4.84. The molecule has 4 rings (SSSR count). The van der Waals surface area contributed by atoms with Crippen molar-refractivity contribution in [3.63, 3.8) is 0 Å². The number of aromatic amines is 1. The van der Waals surface area contributed by atoms with Crippen molar-refractivity contribution < 1.29 is 36.2 Å². The Kier molecular flexibility index (Phi) is 6.48. The maximum atomic E-state index is 14.4. The minimum atomic E-state index is -4.77. The number of carbonyl (C=O) groups is 1. The van der Waals surface area contributed by atoms with Gasteiger partial charge in [-0.3, -0.25) is 0 Å². The SMILES string of the molecule is O=C(NCC1CC(c2c(-c3ccc(F)cc3)[nH]c3c(F)cc(F)cc23)C1)NC(CO)C(F)(F)F. The molecule has 11 heteroatoms. The van der Waals surface area contributed by atoms with Gasteiger partial charge in [0.25, 0.3) is 0 Å². The van der Waals surface area contributed by atoms with Crippen LogP contribution in [0.25, 0.3) is 22.2 Å². The van der Waals surface area contributed by atoms with Crippen molar-refractivity contribution in [2.45, 2.75) is 31.0 Å². The molecule has 0 bridgehead atoms. The van der Waals surface area contributed by atoms with Crippen molar-refractivity contribution in [2.24, 2.45) is 5.92 Å². The Balaban J connectivity index is 1.49. The fourth-order valence-corrected chi connectivity index (χ4v) is 4.32. The third-order valence-corrected chi connectivity index (χ3v) is 6.08. The lowest BCUT2D eigenvalue weighted by atomic mass is 9.70. The highest BCUT2D eigenvalue weighted by Gasteiger charge is 2.40. The van der Waals surface area contributed by atoms with Gasteiger partial charge < -0.3 is 20.7 Å². The van der Waals surface area contributed by atoms with Gasteiger partial charge in [-0.05, 0) is 66.1 Å². The van der Waals surface area contributed by atoms with Crippen LogP contribution in [0.3, 0.4) is 0 Å². The van der Waals surface area contributed by atoms with E-state index in [0.717, 1.165) is 6.07 Å². The molecule has 1 aliphatic rings. The van der Waals surface area contributed by atoms with E-state index in [2.05, 4.69) is 10.3 Å². The summed E-state index contributed by atoms with van der Waals surface area (Å²) in [6.45, 7) is -1.18. The zero-order valence-corrected chi connectivity index (χ0v) is 17.6. The molecular weight excluding hydrogens is 464 g/mol. The lowest BCUT2D eigenvalue weighted by molar-refractivity contribution is -0.160. The lowest BCUT2D eigenvalue weighted by Crippen LogP contribution is -2.52. The Morgan fingerprint density at radius 3 is 2.38 bits per heavy atom. The molecule has 1 atom stereocenters. The summed E-state index contributed by atoms with van der Waals surface area (Å²) in [6, 6.07) is 4.14. The van der Waals surface area contributed by atoms with Gasteiger partial charge >= 0.3 is 12.2 Å². The molecule has 4 N–H and O–H groups in total. The predicted molar refractivity (Wildman–Crippen MR) is 113 cm³/mol. The molecule has 5 nitrogen and oxygen atoms in total. The number of aliphatic hydroxyl groups is 1. The van der Waals surface area contributed by atoms with Crippen LogP contribution < -0.4 is 10.6 Å². The van der Waals surface area contributed by atoms with Crippen LogP contribution in [0.2, 0.25) is 0 Å². The van der Waals surface area contributed by atoms with E-state index in [1.165, 1.54) is 30.3 Å². The molecule has 3 aromatic rings. The maximum Gasteiger partial charge on any atom is 0.410 e. The smallest absolute Gasteiger partial charge is 0.394 e. The van der Waals surface area contributed by atoms with Gasteiger partial charge in [0.1, 0.15) is 23.5 Å².